The van der Waals surface area contributed by atoms with Gasteiger partial charge in [-0.15, -0.1) is 0 Å². The fourth-order valence-electron chi connectivity index (χ4n) is 3.60. The number of carbonyl (C=O) groups is 1. The zero-order valence-corrected chi connectivity index (χ0v) is 15.7. The van der Waals surface area contributed by atoms with E-state index in [1.807, 2.05) is 0 Å². The molecule has 1 aromatic heterocycles. The van der Waals surface area contributed by atoms with E-state index in [1.54, 1.807) is 25.2 Å². The van der Waals surface area contributed by atoms with Crippen molar-refractivity contribution >= 4 is 40.0 Å². The van der Waals surface area contributed by atoms with E-state index in [0.29, 0.717) is 32.9 Å². The van der Waals surface area contributed by atoms with Crippen LogP contribution in [0.15, 0.2) is 30.3 Å². The molecule has 2 heterocycles. The summed E-state index contributed by atoms with van der Waals surface area (Å²) in [5.41, 5.74) is 2.66. The van der Waals surface area contributed by atoms with Crippen LogP contribution in [0.5, 0.6) is 0 Å². The molecule has 0 radical (unpaired) electrons. The van der Waals surface area contributed by atoms with Gasteiger partial charge in [0.1, 0.15) is 0 Å². The van der Waals surface area contributed by atoms with Gasteiger partial charge in [0, 0.05) is 39.8 Å². The fraction of sp³-hybridized carbons (Fsp3) is 0.211. The molecule has 0 bridgehead atoms. The fourth-order valence-corrected chi connectivity index (χ4v) is 4.12. The Kier molecular flexibility index (Phi) is 4.58. The van der Waals surface area contributed by atoms with E-state index in [-0.39, 0.29) is 5.91 Å². The van der Waals surface area contributed by atoms with Crippen molar-refractivity contribution in [3.63, 3.8) is 0 Å². The third-order valence-electron chi connectivity index (χ3n) is 4.88. The van der Waals surface area contributed by atoms with Gasteiger partial charge in [-0.25, -0.2) is 8.78 Å². The number of carbonyl (C=O) groups excluding carboxylic acids is 1. The number of nitrogens with one attached hydrogen (secondary N) is 3. The molecule has 0 fully saturated rings. The van der Waals surface area contributed by atoms with E-state index in [1.165, 1.54) is 0 Å². The Morgan fingerprint density at radius 1 is 1.19 bits per heavy atom. The van der Waals surface area contributed by atoms with E-state index in [0.717, 1.165) is 23.4 Å². The third kappa shape index (κ3) is 3.08. The average molecular weight is 410 g/mol. The van der Waals surface area contributed by atoms with Crippen molar-refractivity contribution in [1.82, 2.24) is 15.6 Å². The molecule has 3 N–H and O–H groups in total. The Bertz CT molecular complexity index is 1070. The molecule has 0 saturated carbocycles. The topological polar surface area (TPSA) is 56.9 Å². The summed E-state index contributed by atoms with van der Waals surface area (Å²) in [6, 6.07) is 6.36. The van der Waals surface area contributed by atoms with Crippen molar-refractivity contribution in [3.8, 4) is 0 Å². The highest BCUT2D eigenvalue weighted by Crippen LogP contribution is 2.38. The number of likely N-dealkylation sites (N-methyl/N-ethyl adjacent to an activating group) is 1. The molecule has 1 aliphatic rings. The number of aromatic amines is 1. The van der Waals surface area contributed by atoms with Crippen LogP contribution in [0.3, 0.4) is 0 Å². The number of halogens is 4. The molecule has 4 nitrogen and oxygen atoms in total. The number of hydrogen-bond donors (Lipinski definition) is 3. The summed E-state index contributed by atoms with van der Waals surface area (Å²) >= 11 is 12.4. The predicted octanol–water partition coefficient (Wildman–Crippen LogP) is 4.10. The van der Waals surface area contributed by atoms with Crippen LogP contribution in [0.4, 0.5) is 8.78 Å². The second-order valence-corrected chi connectivity index (χ2v) is 7.31. The van der Waals surface area contributed by atoms with E-state index in [9.17, 15) is 13.6 Å². The van der Waals surface area contributed by atoms with Crippen LogP contribution in [-0.2, 0) is 11.2 Å². The molecule has 4 rings (SSSR count). The monoisotopic (exact) mass is 409 g/mol. The van der Waals surface area contributed by atoms with Gasteiger partial charge < -0.3 is 10.3 Å². The first-order valence-corrected chi connectivity index (χ1v) is 9.06. The van der Waals surface area contributed by atoms with Crippen molar-refractivity contribution in [2.75, 3.05) is 7.05 Å². The molecule has 2 atom stereocenters. The molecule has 0 saturated heterocycles. The SMILES string of the molecule is CNC(=O)[C@@H]1Cc2c([nH]c3cc(F)c(F)cc23)[C@H](c2ccc(Cl)cc2Cl)N1. The number of rotatable bonds is 2. The van der Waals surface area contributed by atoms with E-state index < -0.39 is 23.7 Å². The smallest absolute Gasteiger partial charge is 0.237 e. The van der Waals surface area contributed by atoms with Crippen LogP contribution < -0.4 is 10.6 Å². The highest BCUT2D eigenvalue weighted by molar-refractivity contribution is 6.35. The van der Waals surface area contributed by atoms with Gasteiger partial charge in [0.15, 0.2) is 11.6 Å². The predicted molar refractivity (Wildman–Crippen MR) is 101 cm³/mol. The van der Waals surface area contributed by atoms with Gasteiger partial charge in [0.25, 0.3) is 0 Å². The number of hydrogen-bond acceptors (Lipinski definition) is 2. The van der Waals surface area contributed by atoms with Crippen LogP contribution in [-0.4, -0.2) is 24.0 Å². The molecule has 2 aromatic carbocycles. The quantitative estimate of drug-likeness (QED) is 0.596. The van der Waals surface area contributed by atoms with Crippen LogP contribution in [0.1, 0.15) is 22.9 Å². The largest absolute Gasteiger partial charge is 0.358 e. The number of benzene rings is 2. The van der Waals surface area contributed by atoms with Crippen LogP contribution in [0.2, 0.25) is 10.0 Å². The third-order valence-corrected chi connectivity index (χ3v) is 5.44. The normalized spacial score (nSPS) is 19.1. The lowest BCUT2D eigenvalue weighted by molar-refractivity contribution is -0.122. The van der Waals surface area contributed by atoms with Crippen LogP contribution in [0.25, 0.3) is 10.9 Å². The molecule has 0 spiro atoms. The lowest BCUT2D eigenvalue weighted by Crippen LogP contribution is -2.49. The standard InChI is InChI=1S/C19H15Cl2F2N3O/c1-24-19(27)16-6-11-10-5-13(22)14(23)7-15(10)25-18(11)17(26-16)9-3-2-8(20)4-12(9)21/h2-5,7,16-17,25-26H,6H2,1H3,(H,24,27)/t16-,17-/m0/s1. The first-order chi connectivity index (χ1) is 12.9. The van der Waals surface area contributed by atoms with Gasteiger partial charge in [0.05, 0.1) is 12.1 Å². The molecule has 140 valence electrons. The highest BCUT2D eigenvalue weighted by Gasteiger charge is 2.34. The average Bonchev–Trinajstić information content (AvgIpc) is 2.98. The first-order valence-electron chi connectivity index (χ1n) is 8.31. The minimum absolute atomic E-state index is 0.201. The zero-order chi connectivity index (χ0) is 19.3. The molecule has 1 amide bonds. The summed E-state index contributed by atoms with van der Waals surface area (Å²) in [4.78, 5) is 15.5. The Labute approximate surface area is 163 Å². The summed E-state index contributed by atoms with van der Waals surface area (Å²) in [6.45, 7) is 0. The number of amides is 1. The molecule has 0 unspecified atom stereocenters. The van der Waals surface area contributed by atoms with Gasteiger partial charge >= 0.3 is 0 Å². The molecule has 8 heteroatoms. The number of fused-ring (bicyclic) bond motifs is 3. The maximum Gasteiger partial charge on any atom is 0.237 e. The van der Waals surface area contributed by atoms with Crippen LogP contribution >= 0.6 is 23.2 Å². The Morgan fingerprint density at radius 2 is 1.93 bits per heavy atom. The highest BCUT2D eigenvalue weighted by atomic mass is 35.5. The van der Waals surface area contributed by atoms with Crippen molar-refractivity contribution in [1.29, 1.82) is 0 Å². The van der Waals surface area contributed by atoms with Crippen molar-refractivity contribution in [2.24, 2.45) is 0 Å². The molecule has 3 aromatic rings. The summed E-state index contributed by atoms with van der Waals surface area (Å²) in [5, 5.41) is 7.36. The van der Waals surface area contributed by atoms with Gasteiger partial charge in [-0.1, -0.05) is 29.3 Å². The minimum atomic E-state index is -0.932. The summed E-state index contributed by atoms with van der Waals surface area (Å²) < 4.78 is 27.5. The maximum absolute atomic E-state index is 13.8. The molecular formula is C19H15Cl2F2N3O. The maximum atomic E-state index is 13.8. The second kappa shape index (κ2) is 6.78. The number of H-pyrrole nitrogens is 1. The second-order valence-electron chi connectivity index (χ2n) is 6.47. The first kappa shape index (κ1) is 18.2. The van der Waals surface area contributed by atoms with Crippen LogP contribution in [0, 0.1) is 11.6 Å². The van der Waals surface area contributed by atoms with Crippen molar-refractivity contribution in [2.45, 2.75) is 18.5 Å². The van der Waals surface area contributed by atoms with Gasteiger partial charge in [0.2, 0.25) is 5.91 Å². The van der Waals surface area contributed by atoms with E-state index in [4.69, 9.17) is 23.2 Å². The Balaban J connectivity index is 1.93. The van der Waals surface area contributed by atoms with Crippen molar-refractivity contribution < 1.29 is 13.6 Å². The number of aromatic nitrogens is 1. The Morgan fingerprint density at radius 3 is 2.63 bits per heavy atom. The Hall–Kier alpha value is -2.15. The zero-order valence-electron chi connectivity index (χ0n) is 14.2. The lowest BCUT2D eigenvalue weighted by atomic mass is 9.90. The molecule has 1 aliphatic heterocycles. The summed E-state index contributed by atoms with van der Waals surface area (Å²) in [7, 11) is 1.55. The van der Waals surface area contributed by atoms with E-state index >= 15 is 0 Å². The van der Waals surface area contributed by atoms with Gasteiger partial charge in [-0.2, -0.15) is 0 Å². The summed E-state index contributed by atoms with van der Waals surface area (Å²) in [6.07, 6.45) is 0.335. The molecular weight excluding hydrogens is 395 g/mol. The molecule has 27 heavy (non-hydrogen) atoms. The van der Waals surface area contributed by atoms with E-state index in [2.05, 4.69) is 15.6 Å². The van der Waals surface area contributed by atoms with Gasteiger partial charge in [-0.05, 0) is 35.7 Å². The molecule has 0 aliphatic carbocycles. The summed E-state index contributed by atoms with van der Waals surface area (Å²) in [5.74, 6) is -2.06. The van der Waals surface area contributed by atoms with Gasteiger partial charge in [-0.3, -0.25) is 10.1 Å². The minimum Gasteiger partial charge on any atom is -0.358 e. The lowest BCUT2D eigenvalue weighted by Gasteiger charge is -2.31. The van der Waals surface area contributed by atoms with Crippen molar-refractivity contribution in [3.05, 3.63) is 68.8 Å².